The summed E-state index contributed by atoms with van der Waals surface area (Å²) in [7, 11) is 1.71. The summed E-state index contributed by atoms with van der Waals surface area (Å²) in [6, 6.07) is 13.5. The third-order valence-corrected chi connectivity index (χ3v) is 4.37. The summed E-state index contributed by atoms with van der Waals surface area (Å²) < 4.78 is 5.30. The molecule has 0 aliphatic rings. The van der Waals surface area contributed by atoms with Gasteiger partial charge < -0.3 is 10.1 Å². The fourth-order valence-corrected chi connectivity index (χ4v) is 3.10. The Morgan fingerprint density at radius 3 is 2.24 bits per heavy atom. The molecule has 0 aliphatic carbocycles. The number of benzene rings is 2. The highest BCUT2D eigenvalue weighted by molar-refractivity contribution is 5.84. The van der Waals surface area contributed by atoms with E-state index < -0.39 is 0 Å². The third-order valence-electron chi connectivity index (χ3n) is 4.37. The second kappa shape index (κ2) is 7.46. The van der Waals surface area contributed by atoms with Gasteiger partial charge in [-0.1, -0.05) is 51.8 Å². The van der Waals surface area contributed by atoms with E-state index in [9.17, 15) is 0 Å². The summed E-state index contributed by atoms with van der Waals surface area (Å²) >= 11 is 0. The van der Waals surface area contributed by atoms with Crippen LogP contribution in [0.15, 0.2) is 36.4 Å². The summed E-state index contributed by atoms with van der Waals surface area (Å²) in [5.41, 5.74) is 1.39. The number of nitrogens with one attached hydrogen (secondary N) is 1. The van der Waals surface area contributed by atoms with Crippen molar-refractivity contribution in [3.8, 4) is 5.75 Å². The molecular weight excluding hydrogens is 258 g/mol. The summed E-state index contributed by atoms with van der Waals surface area (Å²) in [5.74, 6) is 1.60. The van der Waals surface area contributed by atoms with Crippen molar-refractivity contribution in [2.45, 2.75) is 39.7 Å². The van der Waals surface area contributed by atoms with E-state index >= 15 is 0 Å². The quantitative estimate of drug-likeness (QED) is 0.778. The van der Waals surface area contributed by atoms with E-state index in [1.165, 1.54) is 29.2 Å². The zero-order chi connectivity index (χ0) is 15.2. The van der Waals surface area contributed by atoms with Crippen LogP contribution >= 0.6 is 0 Å². The number of ether oxygens (including phenoxy) is 1. The van der Waals surface area contributed by atoms with Gasteiger partial charge >= 0.3 is 0 Å². The molecule has 0 bridgehead atoms. The van der Waals surface area contributed by atoms with Crippen molar-refractivity contribution < 1.29 is 4.74 Å². The molecule has 1 atom stereocenters. The van der Waals surface area contributed by atoms with Crippen molar-refractivity contribution in [1.82, 2.24) is 5.32 Å². The average Bonchev–Trinajstić information content (AvgIpc) is 2.54. The van der Waals surface area contributed by atoms with E-state index in [0.717, 1.165) is 12.3 Å². The summed E-state index contributed by atoms with van der Waals surface area (Å²) in [6.07, 6.45) is 2.41. The Morgan fingerprint density at radius 2 is 1.62 bits per heavy atom. The Bertz CT molecular complexity index is 575. The Kier molecular flexibility index (Phi) is 5.63. The smallest absolute Gasteiger partial charge is 0.119 e. The van der Waals surface area contributed by atoms with Crippen molar-refractivity contribution in [3.05, 3.63) is 42.0 Å². The number of hydrogen-bond acceptors (Lipinski definition) is 2. The van der Waals surface area contributed by atoms with Gasteiger partial charge in [-0.15, -0.1) is 0 Å². The zero-order valence-corrected chi connectivity index (χ0v) is 13.6. The first-order valence-corrected chi connectivity index (χ1v) is 8.04. The standard InChI is InChI=1S/C19H27NO/c1-5-14(6-2)19(20-7-3)17-9-8-16-13-18(21-4)11-10-15(16)12-17/h8-14,19-20H,5-7H2,1-4H3. The Morgan fingerprint density at radius 1 is 0.952 bits per heavy atom. The largest absolute Gasteiger partial charge is 0.497 e. The molecule has 0 aliphatic heterocycles. The minimum Gasteiger partial charge on any atom is -0.497 e. The van der Waals surface area contributed by atoms with E-state index in [1.807, 2.05) is 6.07 Å². The second-order valence-corrected chi connectivity index (χ2v) is 5.58. The van der Waals surface area contributed by atoms with E-state index in [4.69, 9.17) is 4.74 Å². The molecule has 0 saturated heterocycles. The Balaban J connectivity index is 2.39. The van der Waals surface area contributed by atoms with E-state index in [2.05, 4.69) is 56.4 Å². The number of hydrogen-bond donors (Lipinski definition) is 1. The first-order valence-electron chi connectivity index (χ1n) is 8.04. The van der Waals surface area contributed by atoms with E-state index in [0.29, 0.717) is 12.0 Å². The van der Waals surface area contributed by atoms with Crippen molar-refractivity contribution in [3.63, 3.8) is 0 Å². The van der Waals surface area contributed by atoms with Gasteiger partial charge in [-0.25, -0.2) is 0 Å². The van der Waals surface area contributed by atoms with E-state index in [-0.39, 0.29) is 0 Å². The average molecular weight is 285 g/mol. The van der Waals surface area contributed by atoms with Crippen LogP contribution in [-0.2, 0) is 0 Å². The van der Waals surface area contributed by atoms with Gasteiger partial charge in [-0.2, -0.15) is 0 Å². The fourth-order valence-electron chi connectivity index (χ4n) is 3.10. The van der Waals surface area contributed by atoms with E-state index in [1.54, 1.807) is 7.11 Å². The Hall–Kier alpha value is -1.54. The molecule has 2 aromatic rings. The zero-order valence-electron chi connectivity index (χ0n) is 13.6. The lowest BCUT2D eigenvalue weighted by Gasteiger charge is -2.27. The minimum absolute atomic E-state index is 0.441. The molecule has 0 amide bonds. The van der Waals surface area contributed by atoms with Gasteiger partial charge in [0, 0.05) is 6.04 Å². The highest BCUT2D eigenvalue weighted by atomic mass is 16.5. The topological polar surface area (TPSA) is 21.3 Å². The molecule has 0 fully saturated rings. The lowest BCUT2D eigenvalue weighted by atomic mass is 9.88. The second-order valence-electron chi connectivity index (χ2n) is 5.58. The molecule has 114 valence electrons. The third kappa shape index (κ3) is 3.56. The molecule has 0 aromatic heterocycles. The number of methoxy groups -OCH3 is 1. The normalized spacial score (nSPS) is 12.8. The van der Waals surface area contributed by atoms with Crippen LogP contribution in [0.4, 0.5) is 0 Å². The van der Waals surface area contributed by atoms with Crippen LogP contribution in [0.5, 0.6) is 5.75 Å². The summed E-state index contributed by atoms with van der Waals surface area (Å²) in [5, 5.41) is 6.18. The number of fused-ring (bicyclic) bond motifs is 1. The highest BCUT2D eigenvalue weighted by Crippen LogP contribution is 2.30. The van der Waals surface area contributed by atoms with Gasteiger partial charge in [0.15, 0.2) is 0 Å². The molecule has 2 rings (SSSR count). The van der Waals surface area contributed by atoms with Crippen molar-refractivity contribution in [2.24, 2.45) is 5.92 Å². The molecule has 2 nitrogen and oxygen atoms in total. The van der Waals surface area contributed by atoms with Crippen LogP contribution in [0.3, 0.4) is 0 Å². The highest BCUT2D eigenvalue weighted by Gasteiger charge is 2.19. The SMILES string of the molecule is CCNC(c1ccc2cc(OC)ccc2c1)C(CC)CC. The molecule has 0 saturated carbocycles. The molecule has 2 heteroatoms. The van der Waals surface area contributed by atoms with Crippen molar-refractivity contribution in [2.75, 3.05) is 13.7 Å². The van der Waals surface area contributed by atoms with Crippen LogP contribution in [0.25, 0.3) is 10.8 Å². The van der Waals surface area contributed by atoms with Crippen LogP contribution in [0.1, 0.15) is 45.2 Å². The molecule has 1 unspecified atom stereocenters. The number of rotatable bonds is 7. The van der Waals surface area contributed by atoms with Gasteiger partial charge in [0.2, 0.25) is 0 Å². The molecule has 0 radical (unpaired) electrons. The maximum atomic E-state index is 5.30. The van der Waals surface area contributed by atoms with Gasteiger partial charge in [-0.05, 0) is 47.0 Å². The fraction of sp³-hybridized carbons (Fsp3) is 0.474. The van der Waals surface area contributed by atoms with Crippen LogP contribution < -0.4 is 10.1 Å². The molecule has 1 N–H and O–H groups in total. The van der Waals surface area contributed by atoms with Crippen LogP contribution in [0, 0.1) is 5.92 Å². The lowest BCUT2D eigenvalue weighted by Crippen LogP contribution is -2.27. The molecule has 0 heterocycles. The van der Waals surface area contributed by atoms with Crippen molar-refractivity contribution >= 4 is 10.8 Å². The maximum absolute atomic E-state index is 5.30. The summed E-state index contributed by atoms with van der Waals surface area (Å²) in [4.78, 5) is 0. The first-order chi connectivity index (χ1) is 10.2. The molecule has 0 spiro atoms. The molecule has 2 aromatic carbocycles. The molecule has 21 heavy (non-hydrogen) atoms. The Labute approximate surface area is 128 Å². The van der Waals surface area contributed by atoms with Gasteiger partial charge in [0.05, 0.1) is 7.11 Å². The maximum Gasteiger partial charge on any atom is 0.119 e. The predicted molar refractivity (Wildman–Crippen MR) is 91.0 cm³/mol. The van der Waals surface area contributed by atoms with Crippen LogP contribution in [-0.4, -0.2) is 13.7 Å². The predicted octanol–water partition coefficient (Wildman–Crippen LogP) is 4.94. The van der Waals surface area contributed by atoms with Crippen LogP contribution in [0.2, 0.25) is 0 Å². The van der Waals surface area contributed by atoms with Gasteiger partial charge in [-0.3, -0.25) is 0 Å². The summed E-state index contributed by atoms with van der Waals surface area (Å²) in [6.45, 7) is 7.75. The lowest BCUT2D eigenvalue weighted by molar-refractivity contribution is 0.347. The van der Waals surface area contributed by atoms with Gasteiger partial charge in [0.25, 0.3) is 0 Å². The van der Waals surface area contributed by atoms with Crippen molar-refractivity contribution in [1.29, 1.82) is 0 Å². The van der Waals surface area contributed by atoms with Gasteiger partial charge in [0.1, 0.15) is 5.75 Å². The molecular formula is C19H27NO. The monoisotopic (exact) mass is 285 g/mol. The minimum atomic E-state index is 0.441. The first kappa shape index (κ1) is 15.8.